The Morgan fingerprint density at radius 2 is 0.915 bits per heavy atom. The van der Waals surface area contributed by atoms with E-state index in [1.54, 1.807) is 0 Å². The van der Waals surface area contributed by atoms with Gasteiger partial charge >= 0.3 is 19.8 Å². The van der Waals surface area contributed by atoms with E-state index in [1.807, 2.05) is 24.3 Å². The molecule has 0 aliphatic rings. The molecule has 2 atom stereocenters. The fourth-order valence-corrected chi connectivity index (χ4v) is 5.64. The van der Waals surface area contributed by atoms with Crippen molar-refractivity contribution in [3.63, 3.8) is 0 Å². The van der Waals surface area contributed by atoms with Crippen LogP contribution in [0.3, 0.4) is 0 Å². The lowest BCUT2D eigenvalue weighted by molar-refractivity contribution is -0.161. The van der Waals surface area contributed by atoms with Crippen molar-refractivity contribution in [3.05, 3.63) is 134 Å². The van der Waals surface area contributed by atoms with Gasteiger partial charge in [0.2, 0.25) is 0 Å². The van der Waals surface area contributed by atoms with E-state index in [1.165, 1.54) is 25.7 Å². The minimum Gasteiger partial charge on any atom is -0.462 e. The molecule has 0 rings (SSSR count). The first-order chi connectivity index (χ1) is 28.8. The first-order valence-electron chi connectivity index (χ1n) is 21.7. The van der Waals surface area contributed by atoms with Gasteiger partial charge in [0.15, 0.2) is 6.10 Å². The Balaban J connectivity index is 4.44. The third-order valence-corrected chi connectivity index (χ3v) is 9.03. The van der Waals surface area contributed by atoms with Crippen molar-refractivity contribution >= 4 is 19.8 Å². The van der Waals surface area contributed by atoms with Crippen LogP contribution >= 0.6 is 7.82 Å². The van der Waals surface area contributed by atoms with Gasteiger partial charge < -0.3 is 20.1 Å². The quantitative estimate of drug-likeness (QED) is 0.0270. The number of ether oxygens (including phenoxy) is 2. The fraction of sp³-hybridized carbons (Fsp3) is 0.510. The van der Waals surface area contributed by atoms with Crippen molar-refractivity contribution in [1.82, 2.24) is 0 Å². The van der Waals surface area contributed by atoms with Crippen LogP contribution < -0.4 is 5.73 Å². The van der Waals surface area contributed by atoms with E-state index in [9.17, 15) is 19.0 Å². The highest BCUT2D eigenvalue weighted by Crippen LogP contribution is 2.43. The van der Waals surface area contributed by atoms with Crippen LogP contribution in [0.15, 0.2) is 134 Å². The normalized spacial score (nSPS) is 14.6. The van der Waals surface area contributed by atoms with Crippen molar-refractivity contribution in [2.75, 3.05) is 26.4 Å². The van der Waals surface area contributed by atoms with Gasteiger partial charge in [-0.25, -0.2) is 4.57 Å². The number of hydrogen-bond donors (Lipinski definition) is 2. The van der Waals surface area contributed by atoms with Crippen LogP contribution in [0.2, 0.25) is 0 Å². The lowest BCUT2D eigenvalue weighted by atomic mass is 10.2. The number of unbranched alkanes of at least 4 members (excludes halogenated alkanes) is 3. The molecule has 0 spiro atoms. The summed E-state index contributed by atoms with van der Waals surface area (Å²) >= 11 is 0. The number of phosphoric ester groups is 1. The molecule has 3 N–H and O–H groups in total. The molecule has 0 fully saturated rings. The molecule has 0 aliphatic heterocycles. The number of rotatable bonds is 38. The minimum absolute atomic E-state index is 0.0244. The summed E-state index contributed by atoms with van der Waals surface area (Å²) in [6.07, 6.45) is 60.8. The first-order valence-corrected chi connectivity index (χ1v) is 23.2. The molecular weight excluding hydrogens is 762 g/mol. The molecule has 0 saturated carbocycles. The largest absolute Gasteiger partial charge is 0.472 e. The Kier molecular flexibility index (Phi) is 40.9. The maximum atomic E-state index is 12.6. The zero-order chi connectivity index (χ0) is 43.2. The smallest absolute Gasteiger partial charge is 0.462 e. The van der Waals surface area contributed by atoms with E-state index in [0.717, 1.165) is 64.2 Å². The fourth-order valence-electron chi connectivity index (χ4n) is 4.88. The highest BCUT2D eigenvalue weighted by atomic mass is 31.2. The van der Waals surface area contributed by atoms with Crippen molar-refractivity contribution in [2.24, 2.45) is 5.73 Å². The number of nitrogens with two attached hydrogens (primary N) is 1. The first kappa shape index (κ1) is 55.2. The number of phosphoric acid groups is 1. The number of carbonyl (C=O) groups is 2. The summed E-state index contributed by atoms with van der Waals surface area (Å²) in [7, 11) is -4.42. The number of carbonyl (C=O) groups excluding carboxylic acids is 2. The zero-order valence-electron chi connectivity index (χ0n) is 36.2. The highest BCUT2D eigenvalue weighted by Gasteiger charge is 2.25. The Bertz CT molecular complexity index is 1420. The summed E-state index contributed by atoms with van der Waals surface area (Å²) in [6, 6.07) is 0. The van der Waals surface area contributed by atoms with E-state index in [2.05, 4.69) is 123 Å². The van der Waals surface area contributed by atoms with Crippen molar-refractivity contribution in [3.8, 4) is 0 Å². The molecule has 0 radical (unpaired) electrons. The van der Waals surface area contributed by atoms with Gasteiger partial charge in [0, 0.05) is 19.4 Å². The number of hydrogen-bond acceptors (Lipinski definition) is 8. The van der Waals surface area contributed by atoms with Gasteiger partial charge in [0.1, 0.15) is 6.61 Å². The average molecular weight is 838 g/mol. The molecule has 0 aromatic heterocycles. The summed E-state index contributed by atoms with van der Waals surface area (Å²) in [6.45, 7) is 3.38. The molecule has 330 valence electrons. The third kappa shape index (κ3) is 43.6. The molecule has 0 aliphatic carbocycles. The molecular formula is C49H76NO8P. The Morgan fingerprint density at radius 3 is 1.32 bits per heavy atom. The van der Waals surface area contributed by atoms with E-state index in [-0.39, 0.29) is 32.6 Å². The topological polar surface area (TPSA) is 134 Å². The lowest BCUT2D eigenvalue weighted by Gasteiger charge is -2.19. The Morgan fingerprint density at radius 1 is 0.525 bits per heavy atom. The monoisotopic (exact) mass is 838 g/mol. The van der Waals surface area contributed by atoms with Gasteiger partial charge in [-0.15, -0.1) is 0 Å². The maximum absolute atomic E-state index is 12.6. The maximum Gasteiger partial charge on any atom is 0.472 e. The summed E-state index contributed by atoms with van der Waals surface area (Å²) < 4.78 is 32.6. The second kappa shape index (κ2) is 43.7. The molecule has 10 heteroatoms. The SMILES string of the molecule is CC/C=C/C/C=C/C/C=C/C/C=C/C/C=C/C/C=C/CCC(=O)OC[C@H](COP(=O)(O)OCCN)OC(=O)CC/C=C/C/C=C/C/C=C/C/C=C/C/C=C/CCCCC. The summed E-state index contributed by atoms with van der Waals surface area (Å²) in [5.41, 5.74) is 5.34. The van der Waals surface area contributed by atoms with Crippen LogP contribution in [0, 0.1) is 0 Å². The van der Waals surface area contributed by atoms with Gasteiger partial charge in [0.05, 0.1) is 13.2 Å². The molecule has 0 bridgehead atoms. The van der Waals surface area contributed by atoms with Gasteiger partial charge in [-0.3, -0.25) is 18.6 Å². The van der Waals surface area contributed by atoms with Crippen molar-refractivity contribution < 1.29 is 37.6 Å². The summed E-state index contributed by atoms with van der Waals surface area (Å²) in [5, 5.41) is 0. The molecule has 1 unspecified atom stereocenters. The molecule has 59 heavy (non-hydrogen) atoms. The molecule has 9 nitrogen and oxygen atoms in total. The molecule has 0 saturated heterocycles. The van der Waals surface area contributed by atoms with Crippen LogP contribution in [0.4, 0.5) is 0 Å². The zero-order valence-corrected chi connectivity index (χ0v) is 37.1. The molecule has 0 aromatic rings. The van der Waals surface area contributed by atoms with E-state index < -0.39 is 32.5 Å². The Hall–Kier alpha value is -3.85. The van der Waals surface area contributed by atoms with E-state index in [0.29, 0.717) is 12.8 Å². The van der Waals surface area contributed by atoms with Crippen LogP contribution in [0.5, 0.6) is 0 Å². The third-order valence-electron chi connectivity index (χ3n) is 8.05. The van der Waals surface area contributed by atoms with Crippen LogP contribution in [-0.4, -0.2) is 49.3 Å². The van der Waals surface area contributed by atoms with E-state index in [4.69, 9.17) is 24.3 Å². The number of esters is 2. The lowest BCUT2D eigenvalue weighted by Crippen LogP contribution is -2.29. The van der Waals surface area contributed by atoms with Gasteiger partial charge in [0.25, 0.3) is 0 Å². The average Bonchev–Trinajstić information content (AvgIpc) is 3.22. The standard InChI is InChI=1S/C49H76NO8P/c1-3-5-7-9-11-13-15-17-19-21-23-25-27-29-31-33-35-37-39-41-48(51)55-45-47(46-57-59(53,54)56-44-43-50)58-49(52)42-40-38-36-34-32-30-28-26-24-22-20-18-16-14-12-10-8-6-4-2/h5,7,11-14,17-20,23-26,29-32,35-38,47H,3-4,6,8-10,15-16,21-22,27-28,33-34,39-46,50H2,1-2H3,(H,53,54)/b7-5+,13-11+,14-12+,19-17+,20-18+,25-23+,26-24+,31-29+,32-30+,37-35+,38-36+/t47-/m1/s1. The Labute approximate surface area is 357 Å². The van der Waals surface area contributed by atoms with E-state index >= 15 is 0 Å². The molecule has 0 aromatic carbocycles. The summed E-state index contributed by atoms with van der Waals surface area (Å²) in [4.78, 5) is 34.8. The van der Waals surface area contributed by atoms with Crippen molar-refractivity contribution in [2.45, 2.75) is 136 Å². The highest BCUT2D eigenvalue weighted by molar-refractivity contribution is 7.47. The van der Waals surface area contributed by atoms with Gasteiger partial charge in [-0.1, -0.05) is 160 Å². The van der Waals surface area contributed by atoms with Gasteiger partial charge in [-0.2, -0.15) is 0 Å². The second-order valence-corrected chi connectivity index (χ2v) is 14.9. The van der Waals surface area contributed by atoms with Crippen LogP contribution in [-0.2, 0) is 32.7 Å². The predicted molar refractivity (Wildman–Crippen MR) is 247 cm³/mol. The van der Waals surface area contributed by atoms with Crippen LogP contribution in [0.25, 0.3) is 0 Å². The van der Waals surface area contributed by atoms with Crippen LogP contribution in [0.1, 0.15) is 129 Å². The predicted octanol–water partition coefficient (Wildman–Crippen LogP) is 12.7. The molecule has 0 amide bonds. The van der Waals surface area contributed by atoms with Crippen molar-refractivity contribution in [1.29, 1.82) is 0 Å². The van der Waals surface area contributed by atoms with Gasteiger partial charge in [-0.05, 0) is 89.9 Å². The summed E-state index contributed by atoms with van der Waals surface area (Å²) in [5.74, 6) is -1.04. The minimum atomic E-state index is -4.42. The second-order valence-electron chi connectivity index (χ2n) is 13.5. The molecule has 0 heterocycles. The number of allylic oxidation sites excluding steroid dienone is 22.